The summed E-state index contributed by atoms with van der Waals surface area (Å²) in [6.07, 6.45) is 0.696. The van der Waals surface area contributed by atoms with E-state index in [2.05, 4.69) is 4.74 Å². The standard InChI is InChI=1S/C13H17NO6/c1-4-6-20-12-10(14(16)17)7-9(13(15)18-3)8-11(12)19-5-2/h7-8H,4-6H2,1-3H3. The van der Waals surface area contributed by atoms with E-state index in [1.54, 1.807) is 6.92 Å². The maximum Gasteiger partial charge on any atom is 0.338 e. The number of carbonyl (C=O) groups is 1. The third-order valence-corrected chi connectivity index (χ3v) is 2.40. The molecule has 0 aromatic heterocycles. The lowest BCUT2D eigenvalue weighted by molar-refractivity contribution is -0.386. The van der Waals surface area contributed by atoms with E-state index in [4.69, 9.17) is 9.47 Å². The second-order valence-corrected chi connectivity index (χ2v) is 3.85. The van der Waals surface area contributed by atoms with Gasteiger partial charge in [0.25, 0.3) is 0 Å². The topological polar surface area (TPSA) is 87.9 Å². The van der Waals surface area contributed by atoms with Crippen LogP contribution >= 0.6 is 0 Å². The Balaban J connectivity index is 3.37. The molecule has 0 radical (unpaired) electrons. The molecule has 0 saturated carbocycles. The molecule has 0 aliphatic carbocycles. The number of methoxy groups -OCH3 is 1. The molecule has 0 atom stereocenters. The molecule has 0 spiro atoms. The molecule has 0 amide bonds. The zero-order valence-electron chi connectivity index (χ0n) is 11.7. The lowest BCUT2D eigenvalue weighted by Gasteiger charge is -2.12. The highest BCUT2D eigenvalue weighted by atomic mass is 16.6. The van der Waals surface area contributed by atoms with E-state index in [0.717, 1.165) is 6.07 Å². The number of hydrogen-bond donors (Lipinski definition) is 0. The van der Waals surface area contributed by atoms with Crippen molar-refractivity contribution in [3.05, 3.63) is 27.8 Å². The van der Waals surface area contributed by atoms with Crippen molar-refractivity contribution in [3.8, 4) is 11.5 Å². The number of nitro groups is 1. The number of esters is 1. The number of nitrogens with zero attached hydrogens (tertiary/aromatic N) is 1. The quantitative estimate of drug-likeness (QED) is 0.434. The number of nitro benzene ring substituents is 1. The largest absolute Gasteiger partial charge is 0.490 e. The third-order valence-electron chi connectivity index (χ3n) is 2.40. The molecule has 0 unspecified atom stereocenters. The van der Waals surface area contributed by atoms with Crippen molar-refractivity contribution in [3.63, 3.8) is 0 Å². The van der Waals surface area contributed by atoms with Crippen LogP contribution in [-0.4, -0.2) is 31.2 Å². The summed E-state index contributed by atoms with van der Waals surface area (Å²) >= 11 is 0. The summed E-state index contributed by atoms with van der Waals surface area (Å²) in [5, 5.41) is 11.1. The lowest BCUT2D eigenvalue weighted by atomic mass is 10.1. The highest BCUT2D eigenvalue weighted by molar-refractivity contribution is 5.91. The van der Waals surface area contributed by atoms with E-state index in [9.17, 15) is 14.9 Å². The number of carbonyl (C=O) groups excluding carboxylic acids is 1. The molecule has 0 aliphatic rings. The maximum absolute atomic E-state index is 11.5. The Kier molecular flexibility index (Phi) is 5.76. The Hall–Kier alpha value is -2.31. The summed E-state index contributed by atoms with van der Waals surface area (Å²) in [5.41, 5.74) is -0.267. The van der Waals surface area contributed by atoms with E-state index >= 15 is 0 Å². The molecule has 0 heterocycles. The van der Waals surface area contributed by atoms with Gasteiger partial charge in [-0.1, -0.05) is 6.92 Å². The first kappa shape index (κ1) is 15.7. The van der Waals surface area contributed by atoms with Crippen molar-refractivity contribution >= 4 is 11.7 Å². The zero-order valence-corrected chi connectivity index (χ0v) is 11.7. The first-order valence-electron chi connectivity index (χ1n) is 6.21. The number of ether oxygens (including phenoxy) is 3. The summed E-state index contributed by atoms with van der Waals surface area (Å²) in [5.74, 6) is -0.474. The van der Waals surface area contributed by atoms with Gasteiger partial charge in [-0.05, 0) is 19.4 Å². The van der Waals surface area contributed by atoms with Crippen molar-refractivity contribution in [2.24, 2.45) is 0 Å². The van der Waals surface area contributed by atoms with Crippen molar-refractivity contribution in [2.45, 2.75) is 20.3 Å². The Labute approximate surface area is 116 Å². The molecule has 0 bridgehead atoms. The van der Waals surface area contributed by atoms with Gasteiger partial charge in [-0.2, -0.15) is 0 Å². The van der Waals surface area contributed by atoms with Gasteiger partial charge in [-0.3, -0.25) is 10.1 Å². The average molecular weight is 283 g/mol. The Bertz CT molecular complexity index is 500. The minimum Gasteiger partial charge on any atom is -0.490 e. The molecule has 20 heavy (non-hydrogen) atoms. The van der Waals surface area contributed by atoms with Gasteiger partial charge in [0.1, 0.15) is 0 Å². The molecule has 0 saturated heterocycles. The zero-order chi connectivity index (χ0) is 15.1. The fourth-order valence-electron chi connectivity index (χ4n) is 1.57. The highest BCUT2D eigenvalue weighted by Gasteiger charge is 2.25. The van der Waals surface area contributed by atoms with Gasteiger partial charge in [0.05, 0.1) is 30.8 Å². The Morgan fingerprint density at radius 1 is 1.30 bits per heavy atom. The predicted molar refractivity (Wildman–Crippen MR) is 71.4 cm³/mol. The summed E-state index contributed by atoms with van der Waals surface area (Å²) in [6.45, 7) is 4.23. The van der Waals surface area contributed by atoms with Gasteiger partial charge in [0, 0.05) is 6.07 Å². The minimum atomic E-state index is -0.670. The third kappa shape index (κ3) is 3.59. The SMILES string of the molecule is CCCOc1c(OCC)cc(C(=O)OC)cc1[N+](=O)[O-]. The van der Waals surface area contributed by atoms with Crippen molar-refractivity contribution in [2.75, 3.05) is 20.3 Å². The van der Waals surface area contributed by atoms with Gasteiger partial charge >= 0.3 is 11.7 Å². The van der Waals surface area contributed by atoms with E-state index in [1.807, 2.05) is 6.92 Å². The van der Waals surface area contributed by atoms with Gasteiger partial charge < -0.3 is 14.2 Å². The maximum atomic E-state index is 11.5. The predicted octanol–water partition coefficient (Wildman–Crippen LogP) is 2.57. The average Bonchev–Trinajstić information content (AvgIpc) is 2.44. The van der Waals surface area contributed by atoms with Crippen LogP contribution in [0.5, 0.6) is 11.5 Å². The molecule has 1 aromatic rings. The molecular formula is C13H17NO6. The van der Waals surface area contributed by atoms with E-state index in [1.165, 1.54) is 13.2 Å². The summed E-state index contributed by atoms with van der Waals surface area (Å²) < 4.78 is 15.3. The molecule has 1 aromatic carbocycles. The molecule has 7 nitrogen and oxygen atoms in total. The fraction of sp³-hybridized carbons (Fsp3) is 0.462. The molecule has 110 valence electrons. The molecule has 0 fully saturated rings. The fourth-order valence-corrected chi connectivity index (χ4v) is 1.57. The van der Waals surface area contributed by atoms with Crippen molar-refractivity contribution in [1.29, 1.82) is 0 Å². The van der Waals surface area contributed by atoms with Gasteiger partial charge in [0.2, 0.25) is 5.75 Å². The normalized spacial score (nSPS) is 9.95. The first-order chi connectivity index (χ1) is 9.54. The van der Waals surface area contributed by atoms with E-state index < -0.39 is 10.9 Å². The van der Waals surface area contributed by atoms with Crippen LogP contribution in [0.1, 0.15) is 30.6 Å². The molecule has 0 N–H and O–H groups in total. The van der Waals surface area contributed by atoms with Crippen LogP contribution in [0, 0.1) is 10.1 Å². The number of benzene rings is 1. The van der Waals surface area contributed by atoms with Gasteiger partial charge in [-0.15, -0.1) is 0 Å². The number of rotatable bonds is 7. The lowest BCUT2D eigenvalue weighted by Crippen LogP contribution is -2.07. The van der Waals surface area contributed by atoms with Crippen LogP contribution in [0.3, 0.4) is 0 Å². The smallest absolute Gasteiger partial charge is 0.338 e. The van der Waals surface area contributed by atoms with Crippen LogP contribution in [-0.2, 0) is 4.74 Å². The van der Waals surface area contributed by atoms with Crippen LogP contribution < -0.4 is 9.47 Å². The van der Waals surface area contributed by atoms with Gasteiger partial charge in [0.15, 0.2) is 5.75 Å². The molecule has 1 rings (SSSR count). The molecule has 0 aliphatic heterocycles. The molecular weight excluding hydrogens is 266 g/mol. The summed E-state index contributed by atoms with van der Waals surface area (Å²) in [4.78, 5) is 22.0. The van der Waals surface area contributed by atoms with Crippen molar-refractivity contribution in [1.82, 2.24) is 0 Å². The Morgan fingerprint density at radius 2 is 2.00 bits per heavy atom. The van der Waals surface area contributed by atoms with Crippen LogP contribution in [0.4, 0.5) is 5.69 Å². The van der Waals surface area contributed by atoms with E-state index in [-0.39, 0.29) is 22.7 Å². The minimum absolute atomic E-state index is 0.0337. The second-order valence-electron chi connectivity index (χ2n) is 3.85. The summed E-state index contributed by atoms with van der Waals surface area (Å²) in [6, 6.07) is 2.51. The number of hydrogen-bond acceptors (Lipinski definition) is 6. The van der Waals surface area contributed by atoms with Gasteiger partial charge in [-0.25, -0.2) is 4.79 Å². The molecule has 7 heteroatoms. The summed E-state index contributed by atoms with van der Waals surface area (Å²) in [7, 11) is 1.20. The highest BCUT2D eigenvalue weighted by Crippen LogP contribution is 2.38. The van der Waals surface area contributed by atoms with Crippen LogP contribution in [0.15, 0.2) is 12.1 Å². The monoisotopic (exact) mass is 283 g/mol. The van der Waals surface area contributed by atoms with Crippen LogP contribution in [0.25, 0.3) is 0 Å². The van der Waals surface area contributed by atoms with E-state index in [0.29, 0.717) is 19.6 Å². The second kappa shape index (κ2) is 7.32. The Morgan fingerprint density at radius 3 is 2.50 bits per heavy atom. The van der Waals surface area contributed by atoms with Crippen LogP contribution in [0.2, 0.25) is 0 Å². The van der Waals surface area contributed by atoms with Crippen molar-refractivity contribution < 1.29 is 23.9 Å². The first-order valence-corrected chi connectivity index (χ1v) is 6.21.